The van der Waals surface area contributed by atoms with Gasteiger partial charge in [-0.1, -0.05) is 21.1 Å². The van der Waals surface area contributed by atoms with Crippen molar-refractivity contribution in [1.82, 2.24) is 10.1 Å². The van der Waals surface area contributed by atoms with Gasteiger partial charge in [-0.25, -0.2) is 9.78 Å². The Morgan fingerprint density at radius 3 is 2.56 bits per heavy atom. The third-order valence-electron chi connectivity index (χ3n) is 4.61. The van der Waals surface area contributed by atoms with Crippen LogP contribution >= 0.6 is 15.9 Å². The second kappa shape index (κ2) is 9.19. The quantitative estimate of drug-likeness (QED) is 0.384. The van der Waals surface area contributed by atoms with Crippen LogP contribution in [0.5, 0.6) is 5.75 Å². The number of nitrogens with zero attached hydrogens (tertiary/aromatic N) is 2. The molecule has 8 nitrogen and oxygen atoms in total. The number of esters is 1. The molecule has 2 heterocycles. The maximum absolute atomic E-state index is 12.9. The minimum absolute atomic E-state index is 0.253. The summed E-state index contributed by atoms with van der Waals surface area (Å²) in [5.41, 5.74) is 2.32. The van der Waals surface area contributed by atoms with E-state index in [0.717, 1.165) is 10.0 Å². The smallest absolute Gasteiger partial charge is 0.339 e. The molecule has 0 bridgehead atoms. The number of carbonyl (C=O) groups is 2. The summed E-state index contributed by atoms with van der Waals surface area (Å²) in [4.78, 5) is 29.7. The molecule has 162 valence electrons. The van der Waals surface area contributed by atoms with E-state index in [0.29, 0.717) is 33.7 Å². The summed E-state index contributed by atoms with van der Waals surface area (Å²) in [5, 5.41) is 6.80. The van der Waals surface area contributed by atoms with Gasteiger partial charge in [0.15, 0.2) is 12.4 Å². The number of aromatic nitrogens is 2. The van der Waals surface area contributed by atoms with Crippen LogP contribution in [0.2, 0.25) is 0 Å². The third-order valence-corrected chi connectivity index (χ3v) is 5.10. The van der Waals surface area contributed by atoms with Gasteiger partial charge >= 0.3 is 5.97 Å². The van der Waals surface area contributed by atoms with Gasteiger partial charge in [-0.3, -0.25) is 4.79 Å². The normalized spacial score (nSPS) is 10.7. The van der Waals surface area contributed by atoms with Crippen LogP contribution < -0.4 is 10.1 Å². The average Bonchev–Trinajstić information content (AvgIpc) is 3.21. The fourth-order valence-corrected chi connectivity index (χ4v) is 3.45. The van der Waals surface area contributed by atoms with Crippen molar-refractivity contribution in [2.24, 2.45) is 0 Å². The second-order valence-corrected chi connectivity index (χ2v) is 7.81. The highest BCUT2D eigenvalue weighted by Crippen LogP contribution is 2.28. The number of carbonyl (C=O) groups excluding carboxylic acids is 2. The van der Waals surface area contributed by atoms with Crippen molar-refractivity contribution in [2.75, 3.05) is 19.0 Å². The molecule has 0 aliphatic heterocycles. The predicted molar refractivity (Wildman–Crippen MR) is 122 cm³/mol. The Hall–Kier alpha value is -3.72. The van der Waals surface area contributed by atoms with E-state index in [1.165, 1.54) is 0 Å². The predicted octanol–water partition coefficient (Wildman–Crippen LogP) is 4.76. The van der Waals surface area contributed by atoms with Gasteiger partial charge in [0, 0.05) is 21.5 Å². The maximum atomic E-state index is 12.9. The monoisotopic (exact) mass is 495 g/mol. The van der Waals surface area contributed by atoms with Gasteiger partial charge in [0.25, 0.3) is 5.91 Å². The van der Waals surface area contributed by atoms with E-state index in [1.807, 2.05) is 36.4 Å². The van der Waals surface area contributed by atoms with Crippen LogP contribution in [0, 0.1) is 6.92 Å². The first-order valence-electron chi connectivity index (χ1n) is 9.58. The van der Waals surface area contributed by atoms with Crippen molar-refractivity contribution in [3.8, 4) is 17.0 Å². The van der Waals surface area contributed by atoms with E-state index in [9.17, 15) is 9.59 Å². The highest BCUT2D eigenvalue weighted by Gasteiger charge is 2.17. The lowest BCUT2D eigenvalue weighted by atomic mass is 10.0. The third kappa shape index (κ3) is 4.78. The number of ether oxygens (including phenoxy) is 2. The molecule has 32 heavy (non-hydrogen) atoms. The zero-order valence-electron chi connectivity index (χ0n) is 17.2. The summed E-state index contributed by atoms with van der Waals surface area (Å²) in [6.07, 6.45) is 0. The Morgan fingerprint density at radius 2 is 1.88 bits per heavy atom. The number of fused-ring (bicyclic) bond motifs is 1. The van der Waals surface area contributed by atoms with Crippen molar-refractivity contribution in [1.29, 1.82) is 0 Å². The minimum atomic E-state index is -0.642. The minimum Gasteiger partial charge on any atom is -0.497 e. The lowest BCUT2D eigenvalue weighted by Crippen LogP contribution is -2.21. The first kappa shape index (κ1) is 21.5. The first-order chi connectivity index (χ1) is 15.4. The molecule has 2 aromatic carbocycles. The van der Waals surface area contributed by atoms with Crippen LogP contribution in [-0.2, 0) is 9.53 Å². The number of methoxy groups -OCH3 is 1. The van der Waals surface area contributed by atoms with E-state index in [2.05, 4.69) is 31.4 Å². The molecule has 2 aromatic heterocycles. The van der Waals surface area contributed by atoms with E-state index in [4.69, 9.17) is 14.0 Å². The summed E-state index contributed by atoms with van der Waals surface area (Å²) in [6.45, 7) is 1.23. The molecule has 0 radical (unpaired) electrons. The topological polar surface area (TPSA) is 104 Å². The molecular weight excluding hydrogens is 478 g/mol. The fourth-order valence-electron chi connectivity index (χ4n) is 3.09. The molecule has 0 fully saturated rings. The standard InChI is InChI=1S/C23H18BrN3O5/c1-13-9-21(27-32-13)26-22(28)12-31-23(29)18-11-20(14-3-6-16(30-2)7-4-14)25-19-8-5-15(24)10-17(18)19/h3-11H,12H2,1-2H3,(H,26,27,28). The number of benzene rings is 2. The molecule has 0 unspecified atom stereocenters. The lowest BCUT2D eigenvalue weighted by molar-refractivity contribution is -0.119. The van der Waals surface area contributed by atoms with Crippen molar-refractivity contribution in [3.63, 3.8) is 0 Å². The van der Waals surface area contributed by atoms with Gasteiger partial charge in [-0.15, -0.1) is 0 Å². The van der Waals surface area contributed by atoms with Crippen molar-refractivity contribution in [2.45, 2.75) is 6.92 Å². The fraction of sp³-hybridized carbons (Fsp3) is 0.130. The zero-order chi connectivity index (χ0) is 22.7. The number of hydrogen-bond donors (Lipinski definition) is 1. The van der Waals surface area contributed by atoms with E-state index >= 15 is 0 Å². The van der Waals surface area contributed by atoms with Gasteiger partial charge in [-0.2, -0.15) is 0 Å². The number of rotatable bonds is 6. The molecule has 0 aliphatic carbocycles. The Balaban J connectivity index is 1.61. The number of amides is 1. The van der Waals surface area contributed by atoms with Crippen LogP contribution in [0.4, 0.5) is 5.82 Å². The van der Waals surface area contributed by atoms with E-state index in [-0.39, 0.29) is 5.82 Å². The summed E-state index contributed by atoms with van der Waals surface area (Å²) in [5.74, 6) is 0.352. The molecule has 0 aliphatic rings. The molecular formula is C23H18BrN3O5. The molecule has 0 spiro atoms. The van der Waals surface area contributed by atoms with Crippen molar-refractivity contribution < 1.29 is 23.6 Å². The Labute approximate surface area is 191 Å². The lowest BCUT2D eigenvalue weighted by Gasteiger charge is -2.11. The van der Waals surface area contributed by atoms with Crippen molar-refractivity contribution in [3.05, 3.63) is 70.4 Å². The average molecular weight is 496 g/mol. The summed E-state index contributed by atoms with van der Waals surface area (Å²) in [7, 11) is 1.59. The van der Waals surface area contributed by atoms with Gasteiger partial charge in [0.05, 0.1) is 23.9 Å². The SMILES string of the molecule is COc1ccc(-c2cc(C(=O)OCC(=O)Nc3cc(C)on3)c3cc(Br)ccc3n2)cc1. The van der Waals surface area contributed by atoms with Crippen LogP contribution in [0.25, 0.3) is 22.2 Å². The number of hydrogen-bond acceptors (Lipinski definition) is 7. The van der Waals surface area contributed by atoms with Gasteiger partial charge in [0.2, 0.25) is 0 Å². The molecule has 1 amide bonds. The summed E-state index contributed by atoms with van der Waals surface area (Å²) in [6, 6.07) is 16.0. The molecule has 0 saturated heterocycles. The highest BCUT2D eigenvalue weighted by molar-refractivity contribution is 9.10. The number of aryl methyl sites for hydroxylation is 1. The van der Waals surface area contributed by atoms with Crippen LogP contribution in [0.1, 0.15) is 16.1 Å². The first-order valence-corrected chi connectivity index (χ1v) is 10.4. The van der Waals surface area contributed by atoms with Gasteiger partial charge < -0.3 is 19.3 Å². The van der Waals surface area contributed by atoms with Crippen molar-refractivity contribution >= 4 is 44.5 Å². The number of anilines is 1. The van der Waals surface area contributed by atoms with Crippen LogP contribution in [-0.4, -0.2) is 35.7 Å². The largest absolute Gasteiger partial charge is 0.497 e. The Morgan fingerprint density at radius 1 is 1.09 bits per heavy atom. The highest BCUT2D eigenvalue weighted by atomic mass is 79.9. The van der Waals surface area contributed by atoms with E-state index < -0.39 is 18.5 Å². The zero-order valence-corrected chi connectivity index (χ0v) is 18.8. The van der Waals surface area contributed by atoms with Gasteiger partial charge in [-0.05, 0) is 55.5 Å². The Bertz CT molecular complexity index is 1300. The maximum Gasteiger partial charge on any atom is 0.339 e. The summed E-state index contributed by atoms with van der Waals surface area (Å²) < 4.78 is 16.2. The van der Waals surface area contributed by atoms with Crippen LogP contribution in [0.15, 0.2) is 63.6 Å². The molecule has 4 aromatic rings. The second-order valence-electron chi connectivity index (χ2n) is 6.89. The van der Waals surface area contributed by atoms with Gasteiger partial charge in [0.1, 0.15) is 11.5 Å². The molecule has 0 atom stereocenters. The molecule has 0 saturated carbocycles. The Kier molecular flexibility index (Phi) is 6.18. The van der Waals surface area contributed by atoms with E-state index in [1.54, 1.807) is 32.2 Å². The molecule has 1 N–H and O–H groups in total. The molecule has 9 heteroatoms. The number of halogens is 1. The number of nitrogens with one attached hydrogen (secondary N) is 1. The van der Waals surface area contributed by atoms with Crippen LogP contribution in [0.3, 0.4) is 0 Å². The summed E-state index contributed by atoms with van der Waals surface area (Å²) >= 11 is 3.42. The molecule has 4 rings (SSSR count). The number of pyridine rings is 1.